The Hall–Kier alpha value is -1.06. The number of Topliss-reactive ketones (excluding diaryl/α,β-unsaturated/α-hetero) is 1. The Morgan fingerprint density at radius 1 is 1.37 bits per heavy atom. The van der Waals surface area contributed by atoms with Crippen LogP contribution in [0.3, 0.4) is 0 Å². The number of nitrogens with zero attached hydrogens (tertiary/aromatic N) is 1. The molecule has 1 aliphatic rings. The number of ketones is 1. The molecule has 2 rings (SSSR count). The van der Waals surface area contributed by atoms with Crippen LogP contribution in [0.4, 0.5) is 0 Å². The summed E-state index contributed by atoms with van der Waals surface area (Å²) in [6.45, 7) is 0.794. The molecule has 0 amide bonds. The second-order valence-corrected chi connectivity index (χ2v) is 5.58. The van der Waals surface area contributed by atoms with Gasteiger partial charge in [-0.05, 0) is 38.1 Å². The fraction of sp³-hybridized carbons (Fsp3) is 0.533. The third-order valence-corrected chi connectivity index (χ3v) is 4.03. The Balaban J connectivity index is 2.03. The molecule has 0 N–H and O–H groups in total. The van der Waals surface area contributed by atoms with Crippen LogP contribution < -0.4 is 4.74 Å². The van der Waals surface area contributed by atoms with Gasteiger partial charge in [0.1, 0.15) is 11.5 Å². The lowest BCUT2D eigenvalue weighted by atomic mass is 9.93. The molecule has 0 unspecified atom stereocenters. The highest BCUT2D eigenvalue weighted by atomic mass is 35.5. The lowest BCUT2D eigenvalue weighted by Gasteiger charge is -2.31. The van der Waals surface area contributed by atoms with Crippen LogP contribution in [0.15, 0.2) is 18.2 Å². The number of ether oxygens (including phenoxy) is 1. The highest BCUT2D eigenvalue weighted by Gasteiger charge is 2.22. The van der Waals surface area contributed by atoms with Gasteiger partial charge < -0.3 is 4.74 Å². The SMILES string of the molecule is COc1ccc(Cl)cc1CN(C)C1CCC(=O)CC1. The minimum absolute atomic E-state index is 0.394. The number of halogens is 1. The number of hydrogen-bond donors (Lipinski definition) is 0. The zero-order chi connectivity index (χ0) is 13.8. The monoisotopic (exact) mass is 281 g/mol. The molecule has 104 valence electrons. The van der Waals surface area contributed by atoms with E-state index in [0.29, 0.717) is 24.7 Å². The van der Waals surface area contributed by atoms with Crippen molar-refractivity contribution < 1.29 is 9.53 Å². The van der Waals surface area contributed by atoms with Crippen LogP contribution in [0.5, 0.6) is 5.75 Å². The molecule has 1 fully saturated rings. The van der Waals surface area contributed by atoms with Gasteiger partial charge in [-0.25, -0.2) is 0 Å². The van der Waals surface area contributed by atoms with Gasteiger partial charge in [0.25, 0.3) is 0 Å². The molecule has 0 spiro atoms. The van der Waals surface area contributed by atoms with Crippen molar-refractivity contribution in [1.29, 1.82) is 0 Å². The van der Waals surface area contributed by atoms with E-state index in [2.05, 4.69) is 11.9 Å². The molecule has 4 heteroatoms. The number of carbonyl (C=O) groups excluding carboxylic acids is 1. The summed E-state index contributed by atoms with van der Waals surface area (Å²) in [5.41, 5.74) is 1.09. The van der Waals surface area contributed by atoms with E-state index in [9.17, 15) is 4.79 Å². The van der Waals surface area contributed by atoms with Gasteiger partial charge in [0, 0.05) is 36.0 Å². The zero-order valence-electron chi connectivity index (χ0n) is 11.5. The molecule has 3 nitrogen and oxygen atoms in total. The topological polar surface area (TPSA) is 29.5 Å². The van der Waals surface area contributed by atoms with E-state index in [1.165, 1.54) is 0 Å². The van der Waals surface area contributed by atoms with Gasteiger partial charge in [-0.15, -0.1) is 0 Å². The normalized spacial score (nSPS) is 16.9. The van der Waals surface area contributed by atoms with Crippen LogP contribution in [0.2, 0.25) is 5.02 Å². The van der Waals surface area contributed by atoms with Gasteiger partial charge in [0.05, 0.1) is 7.11 Å². The quantitative estimate of drug-likeness (QED) is 0.848. The van der Waals surface area contributed by atoms with Crippen LogP contribution >= 0.6 is 11.6 Å². The Morgan fingerprint density at radius 2 is 2.05 bits per heavy atom. The van der Waals surface area contributed by atoms with Gasteiger partial charge in [0.2, 0.25) is 0 Å². The largest absolute Gasteiger partial charge is 0.496 e. The van der Waals surface area contributed by atoms with Crippen molar-refractivity contribution in [2.24, 2.45) is 0 Å². The van der Waals surface area contributed by atoms with E-state index in [1.807, 2.05) is 18.2 Å². The summed E-state index contributed by atoms with van der Waals surface area (Å²) in [5, 5.41) is 0.725. The maximum Gasteiger partial charge on any atom is 0.133 e. The molecular formula is C15H20ClNO2. The highest BCUT2D eigenvalue weighted by molar-refractivity contribution is 6.30. The van der Waals surface area contributed by atoms with Crippen molar-refractivity contribution in [2.45, 2.75) is 38.3 Å². The molecule has 1 saturated carbocycles. The Morgan fingerprint density at radius 3 is 2.68 bits per heavy atom. The van der Waals surface area contributed by atoms with Gasteiger partial charge >= 0.3 is 0 Å². The first-order valence-corrected chi connectivity index (χ1v) is 7.02. The zero-order valence-corrected chi connectivity index (χ0v) is 12.2. The fourth-order valence-electron chi connectivity index (χ4n) is 2.63. The molecule has 1 aliphatic carbocycles. The second kappa shape index (κ2) is 6.40. The van der Waals surface area contributed by atoms with Crippen LogP contribution in [-0.4, -0.2) is 30.9 Å². The van der Waals surface area contributed by atoms with Crippen LogP contribution in [-0.2, 0) is 11.3 Å². The lowest BCUT2D eigenvalue weighted by Crippen LogP contribution is -2.34. The minimum Gasteiger partial charge on any atom is -0.496 e. The van der Waals surface area contributed by atoms with Crippen molar-refractivity contribution in [1.82, 2.24) is 4.90 Å². The summed E-state index contributed by atoms with van der Waals surface area (Å²) in [7, 11) is 3.77. The predicted octanol–water partition coefficient (Wildman–Crippen LogP) is 3.29. The van der Waals surface area contributed by atoms with Crippen LogP contribution in [0, 0.1) is 0 Å². The Bertz CT molecular complexity index is 451. The number of benzene rings is 1. The standard InChI is InChI=1S/C15H20ClNO2/c1-17(13-4-6-14(18)7-5-13)10-11-9-12(16)3-8-15(11)19-2/h3,8-9,13H,4-7,10H2,1-2H3. The molecule has 0 atom stereocenters. The molecule has 0 heterocycles. The molecule has 1 aromatic rings. The first kappa shape index (κ1) is 14.4. The number of rotatable bonds is 4. The maximum absolute atomic E-state index is 11.3. The van der Waals surface area contributed by atoms with Crippen molar-refractivity contribution in [3.8, 4) is 5.75 Å². The van der Waals surface area contributed by atoms with Crippen molar-refractivity contribution in [2.75, 3.05) is 14.2 Å². The molecule has 0 saturated heterocycles. The maximum atomic E-state index is 11.3. The molecule has 0 aromatic heterocycles. The molecule has 0 bridgehead atoms. The Labute approximate surface area is 119 Å². The third-order valence-electron chi connectivity index (χ3n) is 3.80. The van der Waals surface area contributed by atoms with Gasteiger partial charge in [-0.3, -0.25) is 9.69 Å². The van der Waals surface area contributed by atoms with E-state index in [1.54, 1.807) is 7.11 Å². The Kier molecular flexibility index (Phi) is 4.83. The predicted molar refractivity (Wildman–Crippen MR) is 76.7 cm³/mol. The summed E-state index contributed by atoms with van der Waals surface area (Å²) >= 11 is 6.04. The van der Waals surface area contributed by atoms with Crippen molar-refractivity contribution >= 4 is 17.4 Å². The number of hydrogen-bond acceptors (Lipinski definition) is 3. The molecule has 1 aromatic carbocycles. The van der Waals surface area contributed by atoms with Crippen LogP contribution in [0.1, 0.15) is 31.2 Å². The van der Waals surface area contributed by atoms with E-state index < -0.39 is 0 Å². The van der Waals surface area contributed by atoms with E-state index in [-0.39, 0.29) is 0 Å². The summed E-state index contributed by atoms with van der Waals surface area (Å²) in [6.07, 6.45) is 3.33. The summed E-state index contributed by atoms with van der Waals surface area (Å²) in [6, 6.07) is 6.16. The average Bonchev–Trinajstić information content (AvgIpc) is 2.39. The number of methoxy groups -OCH3 is 1. The summed E-state index contributed by atoms with van der Waals surface area (Å²) in [5.74, 6) is 1.26. The summed E-state index contributed by atoms with van der Waals surface area (Å²) in [4.78, 5) is 13.6. The van der Waals surface area contributed by atoms with Crippen molar-refractivity contribution in [3.63, 3.8) is 0 Å². The first-order valence-electron chi connectivity index (χ1n) is 6.64. The van der Waals surface area contributed by atoms with E-state index >= 15 is 0 Å². The summed E-state index contributed by atoms with van der Waals surface area (Å²) < 4.78 is 5.37. The minimum atomic E-state index is 0.394. The van der Waals surface area contributed by atoms with Crippen molar-refractivity contribution in [3.05, 3.63) is 28.8 Å². The smallest absolute Gasteiger partial charge is 0.133 e. The van der Waals surface area contributed by atoms with Gasteiger partial charge in [-0.2, -0.15) is 0 Å². The molecule has 0 radical (unpaired) electrons. The van der Waals surface area contributed by atoms with Gasteiger partial charge in [0.15, 0.2) is 0 Å². The number of carbonyl (C=O) groups is 1. The molecular weight excluding hydrogens is 262 g/mol. The molecule has 0 aliphatic heterocycles. The fourth-order valence-corrected chi connectivity index (χ4v) is 2.83. The lowest BCUT2D eigenvalue weighted by molar-refractivity contribution is -0.121. The first-order chi connectivity index (χ1) is 9.10. The third kappa shape index (κ3) is 3.71. The molecule has 19 heavy (non-hydrogen) atoms. The average molecular weight is 282 g/mol. The second-order valence-electron chi connectivity index (χ2n) is 5.14. The van der Waals surface area contributed by atoms with Crippen LogP contribution in [0.25, 0.3) is 0 Å². The highest BCUT2D eigenvalue weighted by Crippen LogP contribution is 2.26. The van der Waals surface area contributed by atoms with E-state index in [0.717, 1.165) is 35.7 Å². The van der Waals surface area contributed by atoms with Gasteiger partial charge in [-0.1, -0.05) is 11.6 Å². The van der Waals surface area contributed by atoms with E-state index in [4.69, 9.17) is 16.3 Å².